The van der Waals surface area contributed by atoms with Gasteiger partial charge in [-0.1, -0.05) is 28.9 Å². The standard InChI is InChI=1S/C30H33ClFN5O4/c1-5-37(29(38)41-30(2,3)4)13-14-40-36-23-9-11-26-24(16-23)28(34-19-33-26)35-22-10-12-27(25(31)17-22)39-18-20-7-6-8-21(32)15-20/h6-12,15-17H,5,13-14,18-19H2,1-4H3,(H,34,35)/b36-23-. The first kappa shape index (κ1) is 29.8. The van der Waals surface area contributed by atoms with Gasteiger partial charge in [0, 0.05) is 17.8 Å². The van der Waals surface area contributed by atoms with Crippen LogP contribution in [0.2, 0.25) is 5.02 Å². The van der Waals surface area contributed by atoms with Crippen LogP contribution in [-0.4, -0.2) is 60.2 Å². The van der Waals surface area contributed by atoms with Gasteiger partial charge >= 0.3 is 6.09 Å². The molecule has 11 heteroatoms. The average molecular weight is 582 g/mol. The Labute approximate surface area is 244 Å². The SMILES string of the molecule is CCN(CCO/N=C1/C=CC2=NCN=C(Nc3ccc(OCc4cccc(F)c4)c(Cl)c3)C2=C1)C(=O)OC(C)(C)C. The number of aliphatic imine (C=N–C) groups is 2. The van der Waals surface area contributed by atoms with E-state index in [2.05, 4.69) is 20.5 Å². The zero-order valence-corrected chi connectivity index (χ0v) is 24.2. The fourth-order valence-electron chi connectivity index (χ4n) is 3.88. The van der Waals surface area contributed by atoms with Crippen molar-refractivity contribution >= 4 is 40.6 Å². The normalized spacial score (nSPS) is 15.4. The molecule has 2 aliphatic rings. The van der Waals surface area contributed by atoms with Crippen molar-refractivity contribution in [2.75, 3.05) is 31.7 Å². The number of benzene rings is 2. The largest absolute Gasteiger partial charge is 0.487 e. The summed E-state index contributed by atoms with van der Waals surface area (Å²) in [5.74, 6) is 0.772. The highest BCUT2D eigenvalue weighted by atomic mass is 35.5. The average Bonchev–Trinajstić information content (AvgIpc) is 2.92. The molecule has 1 N–H and O–H groups in total. The summed E-state index contributed by atoms with van der Waals surface area (Å²) in [4.78, 5) is 28.3. The monoisotopic (exact) mass is 581 g/mol. The number of amidine groups is 1. The molecule has 0 fully saturated rings. The number of amides is 1. The Hall–Kier alpha value is -4.18. The van der Waals surface area contributed by atoms with Crippen molar-refractivity contribution in [3.63, 3.8) is 0 Å². The van der Waals surface area contributed by atoms with Crippen molar-refractivity contribution in [3.8, 4) is 5.75 Å². The molecule has 41 heavy (non-hydrogen) atoms. The van der Waals surface area contributed by atoms with Crippen LogP contribution in [-0.2, 0) is 16.2 Å². The number of carbonyl (C=O) groups is 1. The molecule has 1 heterocycles. The summed E-state index contributed by atoms with van der Waals surface area (Å²) >= 11 is 6.46. The maximum absolute atomic E-state index is 13.4. The van der Waals surface area contributed by atoms with Crippen LogP contribution in [0, 0.1) is 5.82 Å². The van der Waals surface area contributed by atoms with Crippen molar-refractivity contribution in [1.29, 1.82) is 0 Å². The van der Waals surface area contributed by atoms with Gasteiger partial charge in [0.2, 0.25) is 0 Å². The second-order valence-electron chi connectivity index (χ2n) is 10.2. The number of allylic oxidation sites excluding steroid dienone is 3. The lowest BCUT2D eigenvalue weighted by atomic mass is 10.0. The minimum Gasteiger partial charge on any atom is -0.487 e. The van der Waals surface area contributed by atoms with Gasteiger partial charge in [-0.3, -0.25) is 4.99 Å². The predicted molar refractivity (Wildman–Crippen MR) is 160 cm³/mol. The molecule has 9 nitrogen and oxygen atoms in total. The second-order valence-corrected chi connectivity index (χ2v) is 10.6. The number of fused-ring (bicyclic) bond motifs is 1. The van der Waals surface area contributed by atoms with E-state index in [1.165, 1.54) is 12.1 Å². The van der Waals surface area contributed by atoms with Crippen LogP contribution < -0.4 is 10.1 Å². The molecule has 1 amide bonds. The molecule has 0 spiro atoms. The summed E-state index contributed by atoms with van der Waals surface area (Å²) in [6.07, 6.45) is 5.09. The zero-order chi connectivity index (χ0) is 29.4. The lowest BCUT2D eigenvalue weighted by Gasteiger charge is -2.26. The van der Waals surface area contributed by atoms with Crippen LogP contribution in [0.4, 0.5) is 14.9 Å². The van der Waals surface area contributed by atoms with Gasteiger partial charge in [0.05, 0.1) is 17.3 Å². The van der Waals surface area contributed by atoms with E-state index >= 15 is 0 Å². The van der Waals surface area contributed by atoms with E-state index in [0.29, 0.717) is 46.7 Å². The molecule has 2 aromatic carbocycles. The van der Waals surface area contributed by atoms with Crippen LogP contribution in [0.3, 0.4) is 0 Å². The Bertz CT molecular complexity index is 1430. The smallest absolute Gasteiger partial charge is 0.410 e. The summed E-state index contributed by atoms with van der Waals surface area (Å²) < 4.78 is 24.6. The number of oxime groups is 1. The third-order valence-corrected chi connectivity index (χ3v) is 6.13. The highest BCUT2D eigenvalue weighted by Gasteiger charge is 2.22. The molecule has 0 radical (unpaired) electrons. The Balaban J connectivity index is 1.35. The Kier molecular flexibility index (Phi) is 9.78. The summed E-state index contributed by atoms with van der Waals surface area (Å²) in [6.45, 7) is 8.88. The molecule has 0 saturated heterocycles. The van der Waals surface area contributed by atoms with Gasteiger partial charge in [0.1, 0.15) is 48.6 Å². The van der Waals surface area contributed by atoms with E-state index in [-0.39, 0.29) is 25.7 Å². The quantitative estimate of drug-likeness (QED) is 0.210. The number of hydrogen-bond donors (Lipinski definition) is 1. The fourth-order valence-corrected chi connectivity index (χ4v) is 4.11. The maximum Gasteiger partial charge on any atom is 0.410 e. The van der Waals surface area contributed by atoms with Crippen LogP contribution >= 0.6 is 11.6 Å². The molecule has 0 atom stereocenters. The van der Waals surface area contributed by atoms with Gasteiger partial charge in [-0.25, -0.2) is 14.2 Å². The molecular formula is C30H33ClFN5O4. The van der Waals surface area contributed by atoms with E-state index in [9.17, 15) is 9.18 Å². The van der Waals surface area contributed by atoms with E-state index in [0.717, 1.165) is 11.3 Å². The van der Waals surface area contributed by atoms with Gasteiger partial charge in [0.15, 0.2) is 0 Å². The van der Waals surface area contributed by atoms with Crippen molar-refractivity contribution in [1.82, 2.24) is 4.90 Å². The molecule has 0 bridgehead atoms. The number of hydrogen-bond acceptors (Lipinski definition) is 8. The number of carbonyl (C=O) groups excluding carboxylic acids is 1. The zero-order valence-electron chi connectivity index (χ0n) is 23.5. The molecule has 0 aromatic heterocycles. The number of anilines is 1. The molecule has 2 aromatic rings. The lowest BCUT2D eigenvalue weighted by molar-refractivity contribution is 0.0191. The van der Waals surface area contributed by atoms with E-state index in [4.69, 9.17) is 25.9 Å². The Morgan fingerprint density at radius 2 is 2.00 bits per heavy atom. The first-order chi connectivity index (χ1) is 19.6. The van der Waals surface area contributed by atoms with Gasteiger partial charge in [-0.15, -0.1) is 0 Å². The molecule has 1 aliphatic heterocycles. The van der Waals surface area contributed by atoms with Crippen LogP contribution in [0.1, 0.15) is 33.3 Å². The van der Waals surface area contributed by atoms with Crippen molar-refractivity contribution < 1.29 is 23.5 Å². The van der Waals surface area contributed by atoms with Crippen molar-refractivity contribution in [2.45, 2.75) is 39.9 Å². The molecule has 4 rings (SSSR count). The summed E-state index contributed by atoms with van der Waals surface area (Å²) in [7, 11) is 0. The highest BCUT2D eigenvalue weighted by Crippen LogP contribution is 2.29. The minimum absolute atomic E-state index is 0.192. The first-order valence-electron chi connectivity index (χ1n) is 13.2. The topological polar surface area (TPSA) is 97.1 Å². The van der Waals surface area contributed by atoms with Gasteiger partial charge in [0.25, 0.3) is 0 Å². The summed E-state index contributed by atoms with van der Waals surface area (Å²) in [6, 6.07) is 11.5. The van der Waals surface area contributed by atoms with Gasteiger partial charge in [-0.2, -0.15) is 0 Å². The van der Waals surface area contributed by atoms with Crippen molar-refractivity contribution in [3.05, 3.63) is 82.7 Å². The maximum atomic E-state index is 13.4. The Morgan fingerprint density at radius 1 is 1.17 bits per heavy atom. The molecule has 1 aliphatic carbocycles. The number of nitrogens with one attached hydrogen (secondary N) is 1. The number of likely N-dealkylation sites (N-methyl/N-ethyl adjacent to an activating group) is 1. The van der Waals surface area contributed by atoms with Crippen LogP contribution in [0.25, 0.3) is 0 Å². The molecule has 0 saturated carbocycles. The first-order valence-corrected chi connectivity index (χ1v) is 13.6. The third-order valence-electron chi connectivity index (χ3n) is 5.84. The predicted octanol–water partition coefficient (Wildman–Crippen LogP) is 6.41. The van der Waals surface area contributed by atoms with E-state index in [1.807, 2.05) is 45.9 Å². The third kappa shape index (κ3) is 8.65. The van der Waals surface area contributed by atoms with Gasteiger partial charge in [-0.05, 0) is 81.8 Å². The minimum atomic E-state index is -0.567. The fraction of sp³-hybridized carbons (Fsp3) is 0.333. The van der Waals surface area contributed by atoms with E-state index < -0.39 is 11.7 Å². The van der Waals surface area contributed by atoms with Crippen LogP contribution in [0.5, 0.6) is 5.75 Å². The number of nitrogens with zero attached hydrogens (tertiary/aromatic N) is 4. The highest BCUT2D eigenvalue weighted by molar-refractivity contribution is 6.37. The molecular weight excluding hydrogens is 549 g/mol. The molecule has 216 valence electrons. The number of ether oxygens (including phenoxy) is 2. The van der Waals surface area contributed by atoms with Crippen LogP contribution in [0.15, 0.2) is 81.4 Å². The van der Waals surface area contributed by atoms with Gasteiger partial charge < -0.3 is 24.5 Å². The molecule has 0 unspecified atom stereocenters. The number of rotatable bonds is 9. The number of halogens is 2. The summed E-state index contributed by atoms with van der Waals surface area (Å²) in [5, 5.41) is 7.90. The van der Waals surface area contributed by atoms with E-state index in [1.54, 1.807) is 35.2 Å². The summed E-state index contributed by atoms with van der Waals surface area (Å²) in [5.41, 5.74) is 2.95. The lowest BCUT2D eigenvalue weighted by Crippen LogP contribution is -2.38. The second kappa shape index (κ2) is 13.5. The van der Waals surface area contributed by atoms with Crippen molar-refractivity contribution in [2.24, 2.45) is 15.1 Å². The Morgan fingerprint density at radius 3 is 2.73 bits per heavy atom.